The molecular formula is C21H23N3O2. The predicted octanol–water partition coefficient (Wildman–Crippen LogP) is 3.20. The Morgan fingerprint density at radius 1 is 1.19 bits per heavy atom. The van der Waals surface area contributed by atoms with Crippen molar-refractivity contribution in [2.45, 2.75) is 19.4 Å². The first-order valence-electron chi connectivity index (χ1n) is 8.87. The van der Waals surface area contributed by atoms with Gasteiger partial charge in [-0.3, -0.25) is 4.79 Å². The van der Waals surface area contributed by atoms with E-state index in [9.17, 15) is 4.79 Å². The SMILES string of the molecule is CN(Cc1ccccc1N1CCCC1)C(=O)COc1cccc(C#N)c1. The minimum absolute atomic E-state index is 0.0444. The number of carbonyl (C=O) groups excluding carboxylic acids is 1. The van der Waals surface area contributed by atoms with Gasteiger partial charge in [0.25, 0.3) is 5.91 Å². The Balaban J connectivity index is 1.60. The van der Waals surface area contributed by atoms with Gasteiger partial charge in [-0.1, -0.05) is 24.3 Å². The van der Waals surface area contributed by atoms with E-state index in [2.05, 4.69) is 23.1 Å². The molecule has 1 saturated heterocycles. The van der Waals surface area contributed by atoms with Crippen LogP contribution in [0, 0.1) is 11.3 Å². The van der Waals surface area contributed by atoms with Gasteiger partial charge in [0.15, 0.2) is 6.61 Å². The molecule has 2 aromatic rings. The number of benzene rings is 2. The van der Waals surface area contributed by atoms with Gasteiger partial charge in [-0.15, -0.1) is 0 Å². The average molecular weight is 349 g/mol. The second-order valence-corrected chi connectivity index (χ2v) is 6.50. The fraction of sp³-hybridized carbons (Fsp3) is 0.333. The first-order chi connectivity index (χ1) is 12.7. The van der Waals surface area contributed by atoms with Crippen LogP contribution in [0.3, 0.4) is 0 Å². The van der Waals surface area contributed by atoms with Crippen LogP contribution in [-0.2, 0) is 11.3 Å². The summed E-state index contributed by atoms with van der Waals surface area (Å²) in [6.45, 7) is 2.66. The van der Waals surface area contributed by atoms with Gasteiger partial charge in [0.05, 0.1) is 11.6 Å². The van der Waals surface area contributed by atoms with E-state index in [1.54, 1.807) is 36.2 Å². The molecule has 5 nitrogen and oxygen atoms in total. The molecule has 1 aliphatic rings. The summed E-state index contributed by atoms with van der Waals surface area (Å²) >= 11 is 0. The summed E-state index contributed by atoms with van der Waals surface area (Å²) < 4.78 is 5.55. The van der Waals surface area contributed by atoms with Crippen LogP contribution in [0.5, 0.6) is 5.75 Å². The maximum Gasteiger partial charge on any atom is 0.260 e. The summed E-state index contributed by atoms with van der Waals surface area (Å²) in [6.07, 6.45) is 2.44. The molecule has 0 aliphatic carbocycles. The van der Waals surface area contributed by atoms with Crippen LogP contribution in [0.2, 0.25) is 0 Å². The molecule has 1 aliphatic heterocycles. The molecule has 134 valence electrons. The van der Waals surface area contributed by atoms with Crippen molar-refractivity contribution in [3.05, 3.63) is 59.7 Å². The zero-order chi connectivity index (χ0) is 18.4. The molecule has 1 amide bonds. The Hall–Kier alpha value is -3.00. The second kappa shape index (κ2) is 8.39. The molecule has 1 heterocycles. The maximum absolute atomic E-state index is 12.4. The maximum atomic E-state index is 12.4. The fourth-order valence-electron chi connectivity index (χ4n) is 3.17. The van der Waals surface area contributed by atoms with E-state index in [0.717, 1.165) is 18.7 Å². The summed E-state index contributed by atoms with van der Waals surface area (Å²) in [6, 6.07) is 17.2. The molecule has 0 unspecified atom stereocenters. The lowest BCUT2D eigenvalue weighted by Crippen LogP contribution is -2.31. The topological polar surface area (TPSA) is 56.6 Å². The van der Waals surface area contributed by atoms with Crippen LogP contribution in [0.1, 0.15) is 24.0 Å². The van der Waals surface area contributed by atoms with E-state index >= 15 is 0 Å². The number of anilines is 1. The highest BCUT2D eigenvalue weighted by Crippen LogP contribution is 2.25. The number of hydrogen-bond acceptors (Lipinski definition) is 4. The van der Waals surface area contributed by atoms with E-state index in [1.165, 1.54) is 18.5 Å². The Morgan fingerprint density at radius 2 is 1.96 bits per heavy atom. The Kier molecular flexibility index (Phi) is 5.75. The summed E-state index contributed by atoms with van der Waals surface area (Å²) in [7, 11) is 1.79. The van der Waals surface area contributed by atoms with E-state index in [4.69, 9.17) is 10.00 Å². The van der Waals surface area contributed by atoms with E-state index in [0.29, 0.717) is 17.9 Å². The van der Waals surface area contributed by atoms with Gasteiger partial charge in [0, 0.05) is 32.4 Å². The minimum atomic E-state index is -0.0939. The van der Waals surface area contributed by atoms with Crippen molar-refractivity contribution in [1.82, 2.24) is 4.90 Å². The van der Waals surface area contributed by atoms with Crippen molar-refractivity contribution in [3.63, 3.8) is 0 Å². The van der Waals surface area contributed by atoms with Gasteiger partial charge in [-0.25, -0.2) is 0 Å². The molecular weight excluding hydrogens is 326 g/mol. The molecule has 0 spiro atoms. The number of rotatable bonds is 6. The zero-order valence-corrected chi connectivity index (χ0v) is 15.0. The molecule has 3 rings (SSSR count). The standard InChI is InChI=1S/C21H23N3O2/c1-23(21(25)16-26-19-9-6-7-17(13-19)14-22)15-18-8-2-3-10-20(18)24-11-4-5-12-24/h2-3,6-10,13H,4-5,11-12,15-16H2,1H3. The van der Waals surface area contributed by atoms with Crippen molar-refractivity contribution in [3.8, 4) is 11.8 Å². The molecule has 2 aromatic carbocycles. The number of ether oxygens (including phenoxy) is 1. The number of hydrogen-bond donors (Lipinski definition) is 0. The smallest absolute Gasteiger partial charge is 0.260 e. The van der Waals surface area contributed by atoms with Crippen LogP contribution in [0.15, 0.2) is 48.5 Å². The molecule has 0 saturated carbocycles. The molecule has 1 fully saturated rings. The largest absolute Gasteiger partial charge is 0.484 e. The quantitative estimate of drug-likeness (QED) is 0.804. The van der Waals surface area contributed by atoms with Crippen LogP contribution < -0.4 is 9.64 Å². The highest BCUT2D eigenvalue weighted by molar-refractivity contribution is 5.77. The van der Waals surface area contributed by atoms with Crippen molar-refractivity contribution in [2.75, 3.05) is 31.6 Å². The molecule has 0 radical (unpaired) electrons. The highest BCUT2D eigenvalue weighted by atomic mass is 16.5. The first kappa shape index (κ1) is 17.8. The average Bonchev–Trinajstić information content (AvgIpc) is 3.21. The number of nitrogens with zero attached hydrogens (tertiary/aromatic N) is 3. The number of para-hydroxylation sites is 1. The number of amides is 1. The molecule has 0 atom stereocenters. The van der Waals surface area contributed by atoms with E-state index in [-0.39, 0.29) is 12.5 Å². The summed E-state index contributed by atoms with van der Waals surface area (Å²) in [5.41, 5.74) is 2.88. The number of likely N-dealkylation sites (N-methyl/N-ethyl adjacent to an activating group) is 1. The van der Waals surface area contributed by atoms with Crippen LogP contribution in [-0.4, -0.2) is 37.6 Å². The molecule has 0 aromatic heterocycles. The summed E-state index contributed by atoms with van der Waals surface area (Å²) in [4.78, 5) is 16.5. The monoisotopic (exact) mass is 349 g/mol. The first-order valence-corrected chi connectivity index (χ1v) is 8.87. The summed E-state index contributed by atoms with van der Waals surface area (Å²) in [5.74, 6) is 0.437. The van der Waals surface area contributed by atoms with Crippen molar-refractivity contribution in [2.24, 2.45) is 0 Å². The molecule has 0 bridgehead atoms. The third-order valence-corrected chi connectivity index (χ3v) is 4.60. The zero-order valence-electron chi connectivity index (χ0n) is 15.0. The minimum Gasteiger partial charge on any atom is -0.484 e. The number of nitriles is 1. The van der Waals surface area contributed by atoms with Crippen LogP contribution in [0.25, 0.3) is 0 Å². The van der Waals surface area contributed by atoms with Crippen molar-refractivity contribution < 1.29 is 9.53 Å². The van der Waals surface area contributed by atoms with Gasteiger partial charge < -0.3 is 14.5 Å². The third-order valence-electron chi connectivity index (χ3n) is 4.60. The molecule has 5 heteroatoms. The molecule has 0 N–H and O–H groups in total. The lowest BCUT2D eigenvalue weighted by atomic mass is 10.1. The van der Waals surface area contributed by atoms with Gasteiger partial charge >= 0.3 is 0 Å². The van der Waals surface area contributed by atoms with Gasteiger partial charge in [0.2, 0.25) is 0 Å². The van der Waals surface area contributed by atoms with Crippen molar-refractivity contribution >= 4 is 11.6 Å². The number of carbonyl (C=O) groups is 1. The highest BCUT2D eigenvalue weighted by Gasteiger charge is 2.17. The normalized spacial score (nSPS) is 13.3. The second-order valence-electron chi connectivity index (χ2n) is 6.50. The Bertz CT molecular complexity index is 807. The molecule has 26 heavy (non-hydrogen) atoms. The Morgan fingerprint density at radius 3 is 2.73 bits per heavy atom. The van der Waals surface area contributed by atoms with E-state index < -0.39 is 0 Å². The van der Waals surface area contributed by atoms with Crippen LogP contribution >= 0.6 is 0 Å². The van der Waals surface area contributed by atoms with Gasteiger partial charge in [-0.05, 0) is 42.7 Å². The van der Waals surface area contributed by atoms with Gasteiger partial charge in [0.1, 0.15) is 5.75 Å². The van der Waals surface area contributed by atoms with Gasteiger partial charge in [-0.2, -0.15) is 5.26 Å². The fourth-order valence-corrected chi connectivity index (χ4v) is 3.17. The predicted molar refractivity (Wildman–Crippen MR) is 101 cm³/mol. The lowest BCUT2D eigenvalue weighted by Gasteiger charge is -2.24. The van der Waals surface area contributed by atoms with E-state index in [1.807, 2.05) is 12.1 Å². The third kappa shape index (κ3) is 4.34. The lowest BCUT2D eigenvalue weighted by molar-refractivity contribution is -0.132. The van der Waals surface area contributed by atoms with Crippen molar-refractivity contribution in [1.29, 1.82) is 5.26 Å². The summed E-state index contributed by atoms with van der Waals surface area (Å²) in [5, 5.41) is 8.92. The Labute approximate surface area is 154 Å². The van der Waals surface area contributed by atoms with Crippen LogP contribution in [0.4, 0.5) is 5.69 Å².